The summed E-state index contributed by atoms with van der Waals surface area (Å²) in [6.45, 7) is 5.43. The van der Waals surface area contributed by atoms with Crippen molar-refractivity contribution in [3.63, 3.8) is 0 Å². The van der Waals surface area contributed by atoms with Crippen molar-refractivity contribution in [2.24, 2.45) is 0 Å². The summed E-state index contributed by atoms with van der Waals surface area (Å²) in [6, 6.07) is 0. The van der Waals surface area contributed by atoms with Gasteiger partial charge < -0.3 is 19.1 Å². The number of carbonyl (C=O) groups is 1. The number of nitrogens with zero attached hydrogens (tertiary/aromatic N) is 1. The highest BCUT2D eigenvalue weighted by Crippen LogP contribution is 2.44. The molecule has 5 heteroatoms. The molecule has 0 N–H and O–H groups in total. The number of ether oxygens (including phenoxy) is 3. The summed E-state index contributed by atoms with van der Waals surface area (Å²) in [5.41, 5.74) is 0. The highest BCUT2D eigenvalue weighted by molar-refractivity contribution is 5.69. The molecule has 0 aromatic carbocycles. The van der Waals surface area contributed by atoms with Crippen molar-refractivity contribution in [2.45, 2.75) is 231 Å². The highest BCUT2D eigenvalue weighted by atomic mass is 16.8. The van der Waals surface area contributed by atoms with E-state index in [1.807, 2.05) is 14.1 Å². The maximum Gasteiger partial charge on any atom is 0.306 e. The fraction of sp³-hybridized carbons (Fsp3) is 0.812. The smallest absolute Gasteiger partial charge is 0.306 e. The van der Waals surface area contributed by atoms with E-state index in [0.717, 1.165) is 64.3 Å². The van der Waals surface area contributed by atoms with Gasteiger partial charge in [0.25, 0.3) is 0 Å². The van der Waals surface area contributed by atoms with Crippen LogP contribution in [0.25, 0.3) is 0 Å². The Morgan fingerprint density at radius 1 is 0.566 bits per heavy atom. The van der Waals surface area contributed by atoms with Crippen molar-refractivity contribution in [1.82, 2.24) is 4.90 Å². The Bertz CT molecular complexity index is 920. The number of carbonyl (C=O) groups excluding carboxylic acids is 1. The molecule has 306 valence electrons. The third-order valence-electron chi connectivity index (χ3n) is 10.9. The van der Waals surface area contributed by atoms with Gasteiger partial charge in [0.2, 0.25) is 0 Å². The monoisotopic (exact) mass is 740 g/mol. The highest BCUT2D eigenvalue weighted by Gasteiger charge is 2.52. The molecule has 1 saturated heterocycles. The van der Waals surface area contributed by atoms with E-state index in [2.05, 4.69) is 67.4 Å². The van der Waals surface area contributed by atoms with Gasteiger partial charge in [-0.1, -0.05) is 140 Å². The van der Waals surface area contributed by atoms with Gasteiger partial charge in [0.1, 0.15) is 6.10 Å². The van der Waals surface area contributed by atoms with Gasteiger partial charge in [0.15, 0.2) is 5.79 Å². The van der Waals surface area contributed by atoms with Crippen molar-refractivity contribution < 1.29 is 19.0 Å². The van der Waals surface area contributed by atoms with Crippen molar-refractivity contribution in [3.8, 4) is 0 Å². The average Bonchev–Trinajstić information content (AvgIpc) is 3.66. The number of unbranched alkanes of at least 4 members (excludes halogenated alkanes) is 18. The van der Waals surface area contributed by atoms with Crippen LogP contribution >= 0.6 is 0 Å². The van der Waals surface area contributed by atoms with Crippen LogP contribution in [0, 0.1) is 0 Å². The van der Waals surface area contributed by atoms with Crippen LogP contribution in [0.5, 0.6) is 0 Å². The molecule has 1 heterocycles. The van der Waals surface area contributed by atoms with Crippen molar-refractivity contribution in [3.05, 3.63) is 48.6 Å². The van der Waals surface area contributed by atoms with E-state index < -0.39 is 5.79 Å². The predicted octanol–water partition coefficient (Wildman–Crippen LogP) is 13.9. The minimum Gasteiger partial charge on any atom is -0.462 e. The van der Waals surface area contributed by atoms with Crippen LogP contribution in [0.1, 0.15) is 206 Å². The molecule has 0 aromatic rings. The molecule has 2 fully saturated rings. The molecule has 1 aliphatic heterocycles. The average molecular weight is 740 g/mol. The van der Waals surface area contributed by atoms with E-state index in [1.165, 1.54) is 128 Å². The van der Waals surface area contributed by atoms with E-state index in [4.69, 9.17) is 14.2 Å². The molecule has 0 amide bonds. The molecule has 5 nitrogen and oxygen atoms in total. The first-order valence-electron chi connectivity index (χ1n) is 22.8. The normalized spacial score (nSPS) is 20.0. The maximum atomic E-state index is 12.4. The summed E-state index contributed by atoms with van der Waals surface area (Å²) in [6.07, 6.45) is 53.9. The van der Waals surface area contributed by atoms with Gasteiger partial charge in [-0.05, 0) is 104 Å². The minimum atomic E-state index is -0.444. The molecule has 0 radical (unpaired) electrons. The Morgan fingerprint density at radius 2 is 0.962 bits per heavy atom. The summed E-state index contributed by atoms with van der Waals surface area (Å²) in [4.78, 5) is 14.6. The third kappa shape index (κ3) is 25.2. The Hall–Kier alpha value is -1.69. The van der Waals surface area contributed by atoms with E-state index in [-0.39, 0.29) is 24.3 Å². The molecule has 1 aliphatic carbocycles. The van der Waals surface area contributed by atoms with Crippen molar-refractivity contribution in [2.75, 3.05) is 20.6 Å². The lowest BCUT2D eigenvalue weighted by Crippen LogP contribution is -2.33. The standard InChI is InChI=1S/C48H85NO4/c1-5-7-9-11-13-15-17-19-21-23-25-27-29-31-33-35-39-48(40-36-34-32-30-28-26-24-22-20-18-16-14-12-10-8-6-2)52-45-42-44(43-46(45)53-48)51-47(50)38-37-41-49(3)4/h13-16,19-22,44-46H,5-12,17-18,23-43H2,1-4H3/b15-13-,16-14-,21-19-,22-20-/t44?,45-,46+. The molecule has 2 aliphatic rings. The van der Waals surface area contributed by atoms with Crippen molar-refractivity contribution >= 4 is 5.97 Å². The number of esters is 1. The molecule has 0 aromatic heterocycles. The topological polar surface area (TPSA) is 48.0 Å². The minimum absolute atomic E-state index is 0.0591. The fourth-order valence-electron chi connectivity index (χ4n) is 7.75. The lowest BCUT2D eigenvalue weighted by molar-refractivity contribution is -0.196. The summed E-state index contributed by atoms with van der Waals surface area (Å²) in [5.74, 6) is -0.522. The van der Waals surface area contributed by atoms with E-state index in [9.17, 15) is 4.79 Å². The second kappa shape index (κ2) is 32.5. The largest absolute Gasteiger partial charge is 0.462 e. The van der Waals surface area contributed by atoms with Crippen LogP contribution in [-0.2, 0) is 19.0 Å². The Morgan fingerprint density at radius 3 is 1.38 bits per heavy atom. The molecule has 0 spiro atoms. The van der Waals surface area contributed by atoms with Crippen molar-refractivity contribution in [1.29, 1.82) is 0 Å². The number of hydrogen-bond acceptors (Lipinski definition) is 5. The second-order valence-electron chi connectivity index (χ2n) is 16.4. The zero-order valence-electron chi connectivity index (χ0n) is 35.4. The Kier molecular flexibility index (Phi) is 29.1. The van der Waals surface area contributed by atoms with Crippen LogP contribution in [0.3, 0.4) is 0 Å². The summed E-state index contributed by atoms with van der Waals surface area (Å²) < 4.78 is 19.5. The SMILES string of the molecule is CCCCC/C=C\C/C=C\CCCCCCCCC1(CCCCCCCC/C=C\C/C=C\CCCCC)O[C@H]2CC(OC(=O)CCCN(C)C)C[C@H]2O1. The van der Waals surface area contributed by atoms with Gasteiger partial charge in [0, 0.05) is 32.1 Å². The van der Waals surface area contributed by atoms with Gasteiger partial charge >= 0.3 is 5.97 Å². The second-order valence-corrected chi connectivity index (χ2v) is 16.4. The lowest BCUT2D eigenvalue weighted by Gasteiger charge is -2.30. The third-order valence-corrected chi connectivity index (χ3v) is 10.9. The van der Waals surface area contributed by atoms with Crippen LogP contribution in [-0.4, -0.2) is 55.6 Å². The molecule has 53 heavy (non-hydrogen) atoms. The fourth-order valence-corrected chi connectivity index (χ4v) is 7.75. The number of rotatable bonds is 35. The van der Waals surface area contributed by atoms with E-state index >= 15 is 0 Å². The van der Waals surface area contributed by atoms with Gasteiger partial charge in [-0.25, -0.2) is 0 Å². The van der Waals surface area contributed by atoms with E-state index in [1.54, 1.807) is 0 Å². The number of allylic oxidation sites excluding steroid dienone is 8. The lowest BCUT2D eigenvalue weighted by atomic mass is 9.98. The van der Waals surface area contributed by atoms with E-state index in [0.29, 0.717) is 6.42 Å². The molecular weight excluding hydrogens is 655 g/mol. The molecule has 2 rings (SSSR count). The summed E-state index contributed by atoms with van der Waals surface area (Å²) >= 11 is 0. The molecule has 3 atom stereocenters. The first-order valence-corrected chi connectivity index (χ1v) is 22.8. The Balaban J connectivity index is 1.65. The Labute approximate surface area is 328 Å². The zero-order chi connectivity index (χ0) is 38.1. The van der Waals surface area contributed by atoms with Crippen LogP contribution in [0.15, 0.2) is 48.6 Å². The van der Waals surface area contributed by atoms with Gasteiger partial charge in [-0.3, -0.25) is 4.79 Å². The first kappa shape index (κ1) is 47.5. The maximum absolute atomic E-state index is 12.4. The molecule has 1 unspecified atom stereocenters. The van der Waals surface area contributed by atoms with Gasteiger partial charge in [-0.15, -0.1) is 0 Å². The quantitative estimate of drug-likeness (QED) is 0.0368. The molecule has 0 bridgehead atoms. The summed E-state index contributed by atoms with van der Waals surface area (Å²) in [7, 11) is 4.08. The van der Waals surface area contributed by atoms with Crippen LogP contribution in [0.2, 0.25) is 0 Å². The van der Waals surface area contributed by atoms with Crippen LogP contribution in [0.4, 0.5) is 0 Å². The van der Waals surface area contributed by atoms with Crippen LogP contribution < -0.4 is 0 Å². The number of fused-ring (bicyclic) bond motifs is 1. The van der Waals surface area contributed by atoms with Gasteiger partial charge in [0.05, 0.1) is 12.2 Å². The number of hydrogen-bond donors (Lipinski definition) is 0. The summed E-state index contributed by atoms with van der Waals surface area (Å²) in [5, 5.41) is 0. The van der Waals surface area contributed by atoms with Gasteiger partial charge in [-0.2, -0.15) is 0 Å². The predicted molar refractivity (Wildman–Crippen MR) is 227 cm³/mol. The molecule has 1 saturated carbocycles. The first-order chi connectivity index (χ1) is 26.0. The zero-order valence-corrected chi connectivity index (χ0v) is 35.4. The molecular formula is C48H85NO4.